The number of benzene rings is 1. The second-order valence-electron chi connectivity index (χ2n) is 8.77. The van der Waals surface area contributed by atoms with Gasteiger partial charge < -0.3 is 28.4 Å². The van der Waals surface area contributed by atoms with Gasteiger partial charge in [0.05, 0.1) is 27.4 Å². The standard InChI is InChI=1S/C25H29N5O5/c1-17-13-21(33-3)28-24(27-17)29-9-7-25(8-10-29)23(31)30(11-12-35-25)15-20-22(34-16-26-20)18-5-4-6-19(14-18)32-2/h4-6,13-14,16H,7-12,15H2,1-3H3. The average Bonchev–Trinajstić information content (AvgIpc) is 3.35. The molecule has 2 aromatic heterocycles. The number of aromatic nitrogens is 3. The number of anilines is 1. The van der Waals surface area contributed by atoms with Gasteiger partial charge >= 0.3 is 0 Å². The van der Waals surface area contributed by atoms with Crippen LogP contribution >= 0.6 is 0 Å². The topological polar surface area (TPSA) is 103 Å². The molecule has 184 valence electrons. The van der Waals surface area contributed by atoms with Crippen molar-refractivity contribution in [1.82, 2.24) is 19.9 Å². The molecule has 0 atom stereocenters. The van der Waals surface area contributed by atoms with E-state index < -0.39 is 5.60 Å². The van der Waals surface area contributed by atoms with E-state index in [1.54, 1.807) is 20.3 Å². The summed E-state index contributed by atoms with van der Waals surface area (Å²) in [4.78, 5) is 31.0. The van der Waals surface area contributed by atoms with Crippen molar-refractivity contribution < 1.29 is 23.4 Å². The number of oxazole rings is 1. The van der Waals surface area contributed by atoms with Crippen LogP contribution in [0.4, 0.5) is 5.95 Å². The molecule has 2 saturated heterocycles. The van der Waals surface area contributed by atoms with Crippen molar-refractivity contribution >= 4 is 11.9 Å². The fourth-order valence-electron chi connectivity index (χ4n) is 4.71. The smallest absolute Gasteiger partial charge is 0.255 e. The maximum atomic E-state index is 13.6. The van der Waals surface area contributed by atoms with Crippen molar-refractivity contribution in [2.45, 2.75) is 31.9 Å². The van der Waals surface area contributed by atoms with Gasteiger partial charge in [-0.1, -0.05) is 12.1 Å². The summed E-state index contributed by atoms with van der Waals surface area (Å²) in [6.07, 6.45) is 2.53. The molecule has 1 spiro atoms. The van der Waals surface area contributed by atoms with Crippen LogP contribution in [0.25, 0.3) is 11.3 Å². The zero-order valence-electron chi connectivity index (χ0n) is 20.2. The fraction of sp³-hybridized carbons (Fsp3) is 0.440. The zero-order chi connectivity index (χ0) is 24.4. The molecule has 10 heteroatoms. The number of piperidine rings is 1. The van der Waals surface area contributed by atoms with E-state index in [4.69, 9.17) is 18.6 Å². The first-order valence-electron chi connectivity index (χ1n) is 11.7. The predicted molar refractivity (Wildman–Crippen MR) is 127 cm³/mol. The molecule has 0 saturated carbocycles. The molecule has 2 fully saturated rings. The van der Waals surface area contributed by atoms with Crippen LogP contribution in [0.2, 0.25) is 0 Å². The molecule has 0 radical (unpaired) electrons. The number of amides is 1. The van der Waals surface area contributed by atoms with Crippen LogP contribution in [0.3, 0.4) is 0 Å². The Bertz CT molecular complexity index is 1200. The molecule has 4 heterocycles. The maximum absolute atomic E-state index is 13.6. The highest BCUT2D eigenvalue weighted by molar-refractivity contribution is 5.86. The number of methoxy groups -OCH3 is 2. The molecule has 2 aliphatic rings. The molecule has 2 aliphatic heterocycles. The molecule has 1 amide bonds. The Morgan fingerprint density at radius 1 is 1.09 bits per heavy atom. The second kappa shape index (κ2) is 9.53. The van der Waals surface area contributed by atoms with Gasteiger partial charge in [0.25, 0.3) is 5.91 Å². The first-order valence-corrected chi connectivity index (χ1v) is 11.7. The summed E-state index contributed by atoms with van der Waals surface area (Å²) in [5.74, 6) is 2.50. The second-order valence-corrected chi connectivity index (χ2v) is 8.77. The zero-order valence-corrected chi connectivity index (χ0v) is 20.2. The Morgan fingerprint density at radius 3 is 2.69 bits per heavy atom. The molecule has 0 N–H and O–H groups in total. The molecule has 1 aromatic carbocycles. The maximum Gasteiger partial charge on any atom is 0.255 e. The lowest BCUT2D eigenvalue weighted by atomic mass is 9.88. The summed E-state index contributed by atoms with van der Waals surface area (Å²) in [5, 5.41) is 0. The molecule has 0 bridgehead atoms. The molecule has 5 rings (SSSR count). The van der Waals surface area contributed by atoms with E-state index in [0.717, 1.165) is 17.0 Å². The minimum Gasteiger partial charge on any atom is -0.497 e. The van der Waals surface area contributed by atoms with Gasteiger partial charge in [0, 0.05) is 49.8 Å². The van der Waals surface area contributed by atoms with Gasteiger partial charge in [0.15, 0.2) is 12.2 Å². The van der Waals surface area contributed by atoms with Crippen molar-refractivity contribution in [3.8, 4) is 23.0 Å². The molecular weight excluding hydrogens is 450 g/mol. The Hall–Kier alpha value is -3.66. The number of morpholine rings is 1. The highest BCUT2D eigenvalue weighted by atomic mass is 16.5. The van der Waals surface area contributed by atoms with Crippen LogP contribution < -0.4 is 14.4 Å². The number of ether oxygens (including phenoxy) is 3. The molecule has 3 aromatic rings. The third-order valence-corrected chi connectivity index (χ3v) is 6.61. The number of carbonyl (C=O) groups is 1. The minimum atomic E-state index is -0.845. The third-order valence-electron chi connectivity index (χ3n) is 6.61. The quantitative estimate of drug-likeness (QED) is 0.528. The predicted octanol–water partition coefficient (Wildman–Crippen LogP) is 2.86. The van der Waals surface area contributed by atoms with Gasteiger partial charge in [-0.05, 0) is 19.1 Å². The van der Waals surface area contributed by atoms with Crippen LogP contribution in [-0.4, -0.2) is 71.8 Å². The lowest BCUT2D eigenvalue weighted by Gasteiger charge is -2.45. The van der Waals surface area contributed by atoms with Gasteiger partial charge in [-0.15, -0.1) is 0 Å². The Morgan fingerprint density at radius 2 is 1.91 bits per heavy atom. The van der Waals surface area contributed by atoms with Gasteiger partial charge in [-0.2, -0.15) is 4.98 Å². The van der Waals surface area contributed by atoms with E-state index in [9.17, 15) is 4.79 Å². The normalized spacial score (nSPS) is 17.6. The van der Waals surface area contributed by atoms with Crippen molar-refractivity contribution in [3.05, 3.63) is 48.1 Å². The number of carbonyl (C=O) groups excluding carboxylic acids is 1. The Balaban J connectivity index is 1.30. The van der Waals surface area contributed by atoms with E-state index in [1.807, 2.05) is 36.1 Å². The lowest BCUT2D eigenvalue weighted by molar-refractivity contribution is -0.176. The van der Waals surface area contributed by atoms with E-state index in [0.29, 0.717) is 68.9 Å². The molecule has 0 aliphatic carbocycles. The first kappa shape index (κ1) is 23.1. The number of aryl methyl sites for hydroxylation is 1. The summed E-state index contributed by atoms with van der Waals surface area (Å²) >= 11 is 0. The van der Waals surface area contributed by atoms with Gasteiger partial charge in [-0.3, -0.25) is 4.79 Å². The van der Waals surface area contributed by atoms with E-state index in [-0.39, 0.29) is 5.91 Å². The molecule has 35 heavy (non-hydrogen) atoms. The van der Waals surface area contributed by atoms with Crippen molar-refractivity contribution in [3.63, 3.8) is 0 Å². The average molecular weight is 480 g/mol. The lowest BCUT2D eigenvalue weighted by Crippen LogP contribution is -2.60. The van der Waals surface area contributed by atoms with Crippen LogP contribution in [0.5, 0.6) is 11.6 Å². The number of nitrogens with zero attached hydrogens (tertiary/aromatic N) is 5. The minimum absolute atomic E-state index is 0.00858. The van der Waals surface area contributed by atoms with E-state index in [1.165, 1.54) is 6.39 Å². The van der Waals surface area contributed by atoms with Crippen LogP contribution in [0.1, 0.15) is 24.2 Å². The summed E-state index contributed by atoms with van der Waals surface area (Å²) < 4.78 is 22.4. The van der Waals surface area contributed by atoms with Crippen LogP contribution in [0, 0.1) is 6.92 Å². The van der Waals surface area contributed by atoms with Crippen LogP contribution in [0.15, 0.2) is 41.1 Å². The SMILES string of the molecule is COc1cccc(-c2ocnc2CN2CCOC3(CCN(c4nc(C)cc(OC)n4)CC3)C2=O)c1. The van der Waals surface area contributed by atoms with Crippen LogP contribution in [-0.2, 0) is 16.1 Å². The van der Waals surface area contributed by atoms with Crippen molar-refractivity contribution in [1.29, 1.82) is 0 Å². The third kappa shape index (κ3) is 4.53. The summed E-state index contributed by atoms with van der Waals surface area (Å²) in [7, 11) is 3.22. The highest BCUT2D eigenvalue weighted by Gasteiger charge is 2.47. The van der Waals surface area contributed by atoms with E-state index >= 15 is 0 Å². The van der Waals surface area contributed by atoms with Gasteiger partial charge in [-0.25, -0.2) is 9.97 Å². The highest BCUT2D eigenvalue weighted by Crippen LogP contribution is 2.34. The number of rotatable bonds is 6. The number of hydrogen-bond donors (Lipinski definition) is 0. The number of hydrogen-bond acceptors (Lipinski definition) is 9. The van der Waals surface area contributed by atoms with Crippen molar-refractivity contribution in [2.75, 3.05) is 45.4 Å². The largest absolute Gasteiger partial charge is 0.497 e. The first-order chi connectivity index (χ1) is 17.0. The van der Waals surface area contributed by atoms with Gasteiger partial charge in [0.2, 0.25) is 11.8 Å². The van der Waals surface area contributed by atoms with Gasteiger partial charge in [0.1, 0.15) is 17.0 Å². The molecule has 0 unspecified atom stereocenters. The van der Waals surface area contributed by atoms with Crippen molar-refractivity contribution in [2.24, 2.45) is 0 Å². The van der Waals surface area contributed by atoms with E-state index in [2.05, 4.69) is 19.9 Å². The summed E-state index contributed by atoms with van der Waals surface area (Å²) in [5.41, 5.74) is 1.56. The molecule has 10 nitrogen and oxygen atoms in total. The summed E-state index contributed by atoms with van der Waals surface area (Å²) in [6.45, 7) is 4.49. The Labute approximate surface area is 203 Å². The molecular formula is C25H29N5O5. The fourth-order valence-corrected chi connectivity index (χ4v) is 4.71. The monoisotopic (exact) mass is 479 g/mol. The summed E-state index contributed by atoms with van der Waals surface area (Å²) in [6, 6.07) is 9.40. The Kier molecular flexibility index (Phi) is 6.29.